The van der Waals surface area contributed by atoms with Gasteiger partial charge in [0.2, 0.25) is 0 Å². The van der Waals surface area contributed by atoms with Gasteiger partial charge in [0.25, 0.3) is 11.7 Å². The second kappa shape index (κ2) is 4.81. The van der Waals surface area contributed by atoms with Crippen LogP contribution in [0.3, 0.4) is 0 Å². The number of alkyl halides is 2. The van der Waals surface area contributed by atoms with Gasteiger partial charge < -0.3 is 0 Å². The molecule has 0 spiro atoms. The number of nitrogens with zero attached hydrogens (tertiary/aromatic N) is 2. The van der Waals surface area contributed by atoms with E-state index in [0.29, 0.717) is 0 Å². The molecule has 15 heavy (non-hydrogen) atoms. The van der Waals surface area contributed by atoms with Crippen LogP contribution in [0.2, 0.25) is 0 Å². The highest BCUT2D eigenvalue weighted by molar-refractivity contribution is 14.1. The molecule has 0 aromatic carbocycles. The highest BCUT2D eigenvalue weighted by Gasteiger charge is 2.23. The molecule has 0 atom stereocenters. The quantitative estimate of drug-likeness (QED) is 0.613. The van der Waals surface area contributed by atoms with E-state index in [1.807, 2.05) is 0 Å². The molecule has 1 aromatic rings. The molecule has 0 aliphatic heterocycles. The van der Waals surface area contributed by atoms with Crippen molar-refractivity contribution in [2.75, 3.05) is 0 Å². The summed E-state index contributed by atoms with van der Waals surface area (Å²) in [6, 6.07) is 1.70. The summed E-state index contributed by atoms with van der Waals surface area (Å²) in [6.45, 7) is 0. The molecule has 7 heteroatoms. The fourth-order valence-electron chi connectivity index (χ4n) is 0.938. The Labute approximate surface area is 102 Å². The number of carbonyl (C=O) groups is 1. The number of hydrogen-bond donors (Lipinski definition) is 0. The Morgan fingerprint density at radius 1 is 1.67 bits per heavy atom. The molecule has 78 valence electrons. The highest BCUT2D eigenvalue weighted by atomic mass is 127. The van der Waals surface area contributed by atoms with Crippen molar-refractivity contribution in [3.63, 3.8) is 0 Å². The van der Waals surface area contributed by atoms with E-state index in [9.17, 15) is 13.6 Å². The number of hydrogen-bond acceptors (Lipinski definition) is 3. The van der Waals surface area contributed by atoms with Crippen molar-refractivity contribution < 1.29 is 13.6 Å². The second-order valence-electron chi connectivity index (χ2n) is 2.43. The lowest BCUT2D eigenvalue weighted by Gasteiger charge is -2.07. The van der Waals surface area contributed by atoms with Crippen LogP contribution in [0.25, 0.3) is 0 Å². The van der Waals surface area contributed by atoms with Gasteiger partial charge in [0.1, 0.15) is 11.8 Å². The SMILES string of the molecule is N#Cc1cnc(C(=O)Cl)c(C(F)F)c1I. The number of aromatic nitrogens is 1. The summed E-state index contributed by atoms with van der Waals surface area (Å²) >= 11 is 6.66. The van der Waals surface area contributed by atoms with E-state index in [0.717, 1.165) is 6.20 Å². The summed E-state index contributed by atoms with van der Waals surface area (Å²) in [7, 11) is 0. The van der Waals surface area contributed by atoms with Crippen LogP contribution in [-0.2, 0) is 0 Å². The number of rotatable bonds is 2. The summed E-state index contributed by atoms with van der Waals surface area (Å²) in [5.41, 5.74) is -1.10. The van der Waals surface area contributed by atoms with Gasteiger partial charge in [-0.3, -0.25) is 4.79 Å². The third-order valence-electron chi connectivity index (χ3n) is 1.58. The first-order valence-electron chi connectivity index (χ1n) is 3.55. The topological polar surface area (TPSA) is 53.8 Å². The van der Waals surface area contributed by atoms with Crippen LogP contribution in [0.1, 0.15) is 28.0 Å². The summed E-state index contributed by atoms with van der Waals surface area (Å²) in [4.78, 5) is 14.2. The fourth-order valence-corrected chi connectivity index (χ4v) is 1.84. The Morgan fingerprint density at radius 3 is 2.67 bits per heavy atom. The van der Waals surface area contributed by atoms with Crippen molar-refractivity contribution in [3.8, 4) is 6.07 Å². The van der Waals surface area contributed by atoms with Crippen molar-refractivity contribution in [1.29, 1.82) is 5.26 Å². The van der Waals surface area contributed by atoms with Crippen LogP contribution >= 0.6 is 34.2 Å². The molecule has 1 heterocycles. The zero-order valence-corrected chi connectivity index (χ0v) is 9.88. The average molecular weight is 342 g/mol. The molecular weight excluding hydrogens is 340 g/mol. The first-order chi connectivity index (χ1) is 6.99. The van der Waals surface area contributed by atoms with Gasteiger partial charge in [0, 0.05) is 9.77 Å². The van der Waals surface area contributed by atoms with Gasteiger partial charge in [-0.2, -0.15) is 5.26 Å². The van der Waals surface area contributed by atoms with Gasteiger partial charge in [0.15, 0.2) is 0 Å². The maximum atomic E-state index is 12.6. The predicted molar refractivity (Wildman–Crippen MR) is 56.8 cm³/mol. The molecule has 0 N–H and O–H groups in total. The van der Waals surface area contributed by atoms with E-state index in [-0.39, 0.29) is 9.13 Å². The lowest BCUT2D eigenvalue weighted by atomic mass is 10.1. The van der Waals surface area contributed by atoms with E-state index in [1.165, 1.54) is 0 Å². The van der Waals surface area contributed by atoms with E-state index >= 15 is 0 Å². The summed E-state index contributed by atoms with van der Waals surface area (Å²) in [5.74, 6) is 0. The molecule has 3 nitrogen and oxygen atoms in total. The summed E-state index contributed by atoms with van der Waals surface area (Å²) in [6.07, 6.45) is -1.85. The summed E-state index contributed by atoms with van der Waals surface area (Å²) in [5, 5.41) is 7.53. The van der Waals surface area contributed by atoms with Crippen LogP contribution in [0.4, 0.5) is 8.78 Å². The maximum absolute atomic E-state index is 12.6. The van der Waals surface area contributed by atoms with Crippen LogP contribution < -0.4 is 0 Å². The molecule has 1 rings (SSSR count). The van der Waals surface area contributed by atoms with Crippen molar-refractivity contribution in [2.45, 2.75) is 6.43 Å². The molecule has 0 aliphatic rings. The number of halogens is 4. The zero-order valence-electron chi connectivity index (χ0n) is 6.97. The second-order valence-corrected chi connectivity index (χ2v) is 3.86. The van der Waals surface area contributed by atoms with Gasteiger partial charge in [-0.05, 0) is 34.2 Å². The fraction of sp³-hybridized carbons (Fsp3) is 0.125. The monoisotopic (exact) mass is 342 g/mol. The van der Waals surface area contributed by atoms with Crippen molar-refractivity contribution >= 4 is 39.4 Å². The van der Waals surface area contributed by atoms with Crippen molar-refractivity contribution in [2.24, 2.45) is 0 Å². The number of carbonyl (C=O) groups excluding carboxylic acids is 1. The molecule has 0 fully saturated rings. The molecule has 0 aliphatic carbocycles. The highest BCUT2D eigenvalue weighted by Crippen LogP contribution is 2.29. The Hall–Kier alpha value is -0.810. The van der Waals surface area contributed by atoms with E-state index in [4.69, 9.17) is 16.9 Å². The maximum Gasteiger partial charge on any atom is 0.271 e. The van der Waals surface area contributed by atoms with Gasteiger partial charge >= 0.3 is 0 Å². The molecule has 0 radical (unpaired) electrons. The number of nitriles is 1. The lowest BCUT2D eigenvalue weighted by Crippen LogP contribution is -2.06. The van der Waals surface area contributed by atoms with Crippen LogP contribution in [0, 0.1) is 14.9 Å². The normalized spacial score (nSPS) is 10.1. The van der Waals surface area contributed by atoms with Crippen LogP contribution in [0.5, 0.6) is 0 Å². The Morgan fingerprint density at radius 2 is 2.27 bits per heavy atom. The van der Waals surface area contributed by atoms with E-state index in [2.05, 4.69) is 4.98 Å². The first kappa shape index (κ1) is 12.3. The Balaban J connectivity index is 3.53. The third-order valence-corrected chi connectivity index (χ3v) is 2.92. The average Bonchev–Trinajstić information content (AvgIpc) is 2.16. The van der Waals surface area contributed by atoms with Crippen molar-refractivity contribution in [3.05, 3.63) is 26.6 Å². The molecule has 0 saturated carbocycles. The standard InChI is InChI=1S/C8H2ClF2IN2O/c9-7(15)6-4(8(10)11)5(12)3(1-13)2-14-6/h2,8H. The van der Waals surface area contributed by atoms with Crippen molar-refractivity contribution in [1.82, 2.24) is 4.98 Å². The van der Waals surface area contributed by atoms with Gasteiger partial charge in [-0.1, -0.05) is 0 Å². The van der Waals surface area contributed by atoms with Gasteiger partial charge in [0.05, 0.1) is 11.1 Å². The molecule has 0 unspecified atom stereocenters. The van der Waals surface area contributed by atoms with Gasteiger partial charge in [-0.15, -0.1) is 0 Å². The molecule has 1 aromatic heterocycles. The predicted octanol–water partition coefficient (Wildman–Crippen LogP) is 2.87. The molecule has 0 saturated heterocycles. The van der Waals surface area contributed by atoms with E-state index < -0.39 is 22.9 Å². The smallest absolute Gasteiger partial charge is 0.271 e. The zero-order chi connectivity index (χ0) is 11.6. The molecule has 0 amide bonds. The molecule has 0 bridgehead atoms. The third kappa shape index (κ3) is 2.41. The summed E-state index contributed by atoms with van der Waals surface area (Å²) < 4.78 is 25.2. The minimum absolute atomic E-state index is 0.00380. The lowest BCUT2D eigenvalue weighted by molar-refractivity contribution is 0.106. The first-order valence-corrected chi connectivity index (χ1v) is 5.01. The number of pyridine rings is 1. The van der Waals surface area contributed by atoms with Crippen LogP contribution in [-0.4, -0.2) is 10.2 Å². The minimum atomic E-state index is -2.89. The molecular formula is C8H2ClF2IN2O. The van der Waals surface area contributed by atoms with E-state index in [1.54, 1.807) is 28.7 Å². The Kier molecular flexibility index (Phi) is 3.93. The largest absolute Gasteiger partial charge is 0.274 e. The minimum Gasteiger partial charge on any atom is -0.274 e. The van der Waals surface area contributed by atoms with Gasteiger partial charge in [-0.25, -0.2) is 13.8 Å². The van der Waals surface area contributed by atoms with Crippen LogP contribution in [0.15, 0.2) is 6.20 Å². The Bertz CT molecular complexity index is 459.